The number of amides is 1. The Bertz CT molecular complexity index is 908. The van der Waals surface area contributed by atoms with Crippen molar-refractivity contribution < 1.29 is 14.3 Å². The minimum atomic E-state index is -0.495. The second kappa shape index (κ2) is 7.28. The monoisotopic (exact) mass is 361 g/mol. The number of nitrogens with zero attached hydrogens (tertiary/aromatic N) is 2. The first-order valence-electron chi connectivity index (χ1n) is 6.75. The summed E-state index contributed by atoms with van der Waals surface area (Å²) in [5, 5.41) is 20.1. The van der Waals surface area contributed by atoms with E-state index < -0.39 is 11.2 Å². The molecule has 0 atom stereocenters. The van der Waals surface area contributed by atoms with Crippen molar-refractivity contribution in [3.8, 4) is 5.75 Å². The summed E-state index contributed by atoms with van der Waals surface area (Å²) in [5.74, 6) is 0.0860. The predicted octanol–water partition coefficient (Wildman–Crippen LogP) is 2.74. The number of carbonyl (C=O) groups excluding carboxylic acids is 1. The molecule has 0 saturated carbocycles. The van der Waals surface area contributed by atoms with Crippen LogP contribution in [0.2, 0.25) is 0 Å². The van der Waals surface area contributed by atoms with E-state index in [9.17, 15) is 9.59 Å². The molecule has 0 radical (unpaired) electrons. The molecule has 0 saturated heterocycles. The molecular formula is C15H11N3O4S2. The van der Waals surface area contributed by atoms with Crippen LogP contribution in [0.25, 0.3) is 0 Å². The quantitative estimate of drug-likeness (QED) is 0.532. The number of aromatic hydroxyl groups is 1. The summed E-state index contributed by atoms with van der Waals surface area (Å²) in [6, 6.07) is 10.0. The van der Waals surface area contributed by atoms with E-state index in [2.05, 4.69) is 15.5 Å². The van der Waals surface area contributed by atoms with Gasteiger partial charge in [0.1, 0.15) is 12.0 Å². The summed E-state index contributed by atoms with van der Waals surface area (Å²) < 4.78 is 5.73. The summed E-state index contributed by atoms with van der Waals surface area (Å²) in [6.45, 7) is 0. The molecular weight excluding hydrogens is 350 g/mol. The summed E-state index contributed by atoms with van der Waals surface area (Å²) in [7, 11) is 0. The van der Waals surface area contributed by atoms with Crippen LogP contribution in [0.1, 0.15) is 16.1 Å². The van der Waals surface area contributed by atoms with Gasteiger partial charge >= 0.3 is 0 Å². The Labute approximate surface area is 144 Å². The van der Waals surface area contributed by atoms with Crippen molar-refractivity contribution in [1.29, 1.82) is 0 Å². The normalized spacial score (nSPS) is 10.5. The molecule has 24 heavy (non-hydrogen) atoms. The maximum Gasteiger partial charge on any atom is 0.257 e. The van der Waals surface area contributed by atoms with E-state index in [1.54, 1.807) is 24.3 Å². The summed E-state index contributed by atoms with van der Waals surface area (Å²) in [5.41, 5.74) is 0.0395. The minimum absolute atomic E-state index is 0.257. The van der Waals surface area contributed by atoms with Gasteiger partial charge in [-0.15, -0.1) is 10.2 Å². The SMILES string of the molecule is O=C(Nc1nnc(SCc2cc(=O)c(O)co2)s1)c1ccccc1. The van der Waals surface area contributed by atoms with Crippen molar-refractivity contribution in [2.24, 2.45) is 0 Å². The highest BCUT2D eigenvalue weighted by atomic mass is 32.2. The van der Waals surface area contributed by atoms with Gasteiger partial charge in [0, 0.05) is 11.6 Å². The minimum Gasteiger partial charge on any atom is -0.502 e. The number of hydrogen-bond donors (Lipinski definition) is 2. The van der Waals surface area contributed by atoms with Gasteiger partial charge in [-0.05, 0) is 12.1 Å². The molecule has 0 unspecified atom stereocenters. The highest BCUT2D eigenvalue weighted by Crippen LogP contribution is 2.28. The van der Waals surface area contributed by atoms with Crippen LogP contribution in [-0.2, 0) is 5.75 Å². The van der Waals surface area contributed by atoms with Gasteiger partial charge in [-0.1, -0.05) is 41.3 Å². The number of hydrogen-bond acceptors (Lipinski definition) is 8. The lowest BCUT2D eigenvalue weighted by atomic mass is 10.2. The topological polar surface area (TPSA) is 105 Å². The van der Waals surface area contributed by atoms with Crippen LogP contribution in [0.5, 0.6) is 5.75 Å². The highest BCUT2D eigenvalue weighted by Gasteiger charge is 2.11. The second-order valence-corrected chi connectivity index (χ2v) is 6.78. The van der Waals surface area contributed by atoms with Crippen molar-refractivity contribution in [3.05, 3.63) is 64.2 Å². The van der Waals surface area contributed by atoms with Crippen LogP contribution in [0, 0.1) is 0 Å². The molecule has 2 aromatic heterocycles. The number of nitrogens with one attached hydrogen (secondary N) is 1. The zero-order valence-corrected chi connectivity index (χ0v) is 13.8. The van der Waals surface area contributed by atoms with E-state index >= 15 is 0 Å². The van der Waals surface area contributed by atoms with E-state index in [4.69, 9.17) is 9.52 Å². The van der Waals surface area contributed by atoms with Gasteiger partial charge in [-0.3, -0.25) is 14.9 Å². The van der Waals surface area contributed by atoms with Crippen LogP contribution >= 0.6 is 23.1 Å². The number of carbonyl (C=O) groups is 1. The fourth-order valence-corrected chi connectivity index (χ4v) is 3.37. The van der Waals surface area contributed by atoms with Crippen molar-refractivity contribution in [3.63, 3.8) is 0 Å². The smallest absolute Gasteiger partial charge is 0.257 e. The Morgan fingerprint density at radius 2 is 2.08 bits per heavy atom. The molecule has 2 heterocycles. The summed E-state index contributed by atoms with van der Waals surface area (Å²) in [4.78, 5) is 23.3. The van der Waals surface area contributed by atoms with E-state index in [1.165, 1.54) is 29.2 Å². The maximum atomic E-state index is 12.0. The van der Waals surface area contributed by atoms with Gasteiger partial charge in [0.15, 0.2) is 10.1 Å². The van der Waals surface area contributed by atoms with Gasteiger partial charge in [0.2, 0.25) is 10.6 Å². The average Bonchev–Trinajstić information content (AvgIpc) is 3.04. The molecule has 0 aliphatic rings. The summed E-state index contributed by atoms with van der Waals surface area (Å²) >= 11 is 2.53. The van der Waals surface area contributed by atoms with Gasteiger partial charge < -0.3 is 9.52 Å². The van der Waals surface area contributed by atoms with Gasteiger partial charge in [0.05, 0.1) is 5.75 Å². The molecule has 3 rings (SSSR count). The molecule has 0 spiro atoms. The Morgan fingerprint density at radius 3 is 2.83 bits per heavy atom. The predicted molar refractivity (Wildman–Crippen MR) is 90.5 cm³/mol. The van der Waals surface area contributed by atoms with Crippen LogP contribution in [-0.4, -0.2) is 21.2 Å². The molecule has 0 aliphatic carbocycles. The largest absolute Gasteiger partial charge is 0.502 e. The third kappa shape index (κ3) is 4.00. The molecule has 9 heteroatoms. The van der Waals surface area contributed by atoms with Crippen LogP contribution < -0.4 is 10.7 Å². The molecule has 0 bridgehead atoms. The zero-order valence-electron chi connectivity index (χ0n) is 12.1. The van der Waals surface area contributed by atoms with Gasteiger partial charge in [-0.25, -0.2) is 0 Å². The van der Waals surface area contributed by atoms with E-state index in [1.807, 2.05) is 6.07 Å². The van der Waals surface area contributed by atoms with Gasteiger partial charge in [0.25, 0.3) is 5.91 Å². The number of thioether (sulfide) groups is 1. The maximum absolute atomic E-state index is 12.0. The number of aromatic nitrogens is 2. The van der Waals surface area contributed by atoms with E-state index in [0.717, 1.165) is 6.26 Å². The molecule has 7 nitrogen and oxygen atoms in total. The molecule has 3 aromatic rings. The number of anilines is 1. The van der Waals surface area contributed by atoms with Crippen molar-refractivity contribution in [2.45, 2.75) is 10.1 Å². The number of rotatable bonds is 5. The Kier molecular flexibility index (Phi) is 4.92. The van der Waals surface area contributed by atoms with Crippen molar-refractivity contribution >= 4 is 34.1 Å². The third-order valence-corrected chi connectivity index (χ3v) is 4.86. The lowest BCUT2D eigenvalue weighted by Gasteiger charge is -1.99. The van der Waals surface area contributed by atoms with E-state index in [0.29, 0.717) is 26.5 Å². The van der Waals surface area contributed by atoms with E-state index in [-0.39, 0.29) is 5.91 Å². The van der Waals surface area contributed by atoms with Crippen molar-refractivity contribution in [1.82, 2.24) is 10.2 Å². The zero-order chi connectivity index (χ0) is 16.9. The lowest BCUT2D eigenvalue weighted by Crippen LogP contribution is -2.11. The Morgan fingerprint density at radius 1 is 1.29 bits per heavy atom. The fourth-order valence-electron chi connectivity index (χ4n) is 1.73. The first-order chi connectivity index (χ1) is 11.6. The fraction of sp³-hybridized carbons (Fsp3) is 0.0667. The molecule has 1 aromatic carbocycles. The highest BCUT2D eigenvalue weighted by molar-refractivity contribution is 8.00. The molecule has 0 aliphatic heterocycles. The molecule has 1 amide bonds. The lowest BCUT2D eigenvalue weighted by molar-refractivity contribution is 0.102. The first-order valence-corrected chi connectivity index (χ1v) is 8.55. The molecule has 0 fully saturated rings. The van der Waals surface area contributed by atoms with Crippen LogP contribution in [0.3, 0.4) is 0 Å². The average molecular weight is 361 g/mol. The number of benzene rings is 1. The summed E-state index contributed by atoms with van der Waals surface area (Å²) in [6.07, 6.45) is 1.00. The molecule has 122 valence electrons. The first kappa shape index (κ1) is 16.2. The second-order valence-electron chi connectivity index (χ2n) is 4.58. The van der Waals surface area contributed by atoms with Crippen molar-refractivity contribution in [2.75, 3.05) is 5.32 Å². The van der Waals surface area contributed by atoms with Crippen LogP contribution in [0.15, 0.2) is 56.2 Å². The standard InChI is InChI=1S/C15H11N3O4S2/c19-11-6-10(22-7-12(11)20)8-23-15-18-17-14(24-15)16-13(21)9-4-2-1-3-5-9/h1-7,20H,8H2,(H,16,17,21). The van der Waals surface area contributed by atoms with Crippen LogP contribution in [0.4, 0.5) is 5.13 Å². The molecule has 2 N–H and O–H groups in total. The Hall–Kier alpha value is -2.65. The van der Waals surface area contributed by atoms with Gasteiger partial charge in [-0.2, -0.15) is 0 Å². The Balaban J connectivity index is 1.60. The third-order valence-electron chi connectivity index (χ3n) is 2.87.